The van der Waals surface area contributed by atoms with Crippen LogP contribution in [-0.2, 0) is 4.79 Å². The maximum absolute atomic E-state index is 12.0. The first-order chi connectivity index (χ1) is 10.7. The Hall–Kier alpha value is -2.49. The summed E-state index contributed by atoms with van der Waals surface area (Å²) in [5.74, 6) is 0.723. The van der Waals surface area contributed by atoms with Crippen molar-refractivity contribution in [2.24, 2.45) is 0 Å². The monoisotopic (exact) mass is 296 g/mol. The van der Waals surface area contributed by atoms with Crippen LogP contribution in [0.15, 0.2) is 42.5 Å². The Morgan fingerprint density at radius 1 is 1.05 bits per heavy atom. The molecule has 2 aromatic carbocycles. The number of carbonyl (C=O) groups is 1. The highest BCUT2D eigenvalue weighted by Gasteiger charge is 2.11. The Kier molecular flexibility index (Phi) is 4.00. The van der Waals surface area contributed by atoms with Crippen LogP contribution in [0.2, 0.25) is 0 Å². The third kappa shape index (κ3) is 2.64. The Balaban J connectivity index is 1.80. The van der Waals surface area contributed by atoms with E-state index in [2.05, 4.69) is 17.1 Å². The smallest absolute Gasteiger partial charge is 0.260 e. The number of amides is 1. The van der Waals surface area contributed by atoms with E-state index in [1.165, 1.54) is 5.39 Å². The lowest BCUT2D eigenvalue weighted by Gasteiger charge is -2.18. The van der Waals surface area contributed by atoms with Crippen LogP contribution in [0.5, 0.6) is 5.75 Å². The number of ether oxygens (including phenoxy) is 1. The third-order valence-electron chi connectivity index (χ3n) is 3.96. The lowest BCUT2D eigenvalue weighted by atomic mass is 10.1. The summed E-state index contributed by atoms with van der Waals surface area (Å²) >= 11 is 0. The zero-order chi connectivity index (χ0) is 15.5. The van der Waals surface area contributed by atoms with E-state index < -0.39 is 0 Å². The van der Waals surface area contributed by atoms with Gasteiger partial charge in [0.05, 0.1) is 5.52 Å². The van der Waals surface area contributed by atoms with Crippen molar-refractivity contribution < 1.29 is 9.53 Å². The van der Waals surface area contributed by atoms with Crippen molar-refractivity contribution in [2.45, 2.75) is 13.8 Å². The number of aromatic amines is 1. The van der Waals surface area contributed by atoms with Crippen molar-refractivity contribution >= 4 is 27.7 Å². The first-order valence-electron chi connectivity index (χ1n) is 7.64. The largest absolute Gasteiger partial charge is 0.484 e. The van der Waals surface area contributed by atoms with Crippen LogP contribution < -0.4 is 4.74 Å². The number of para-hydroxylation sites is 1. The molecule has 0 aliphatic carbocycles. The fraction of sp³-hybridized carbons (Fsp3) is 0.278. The van der Waals surface area contributed by atoms with Crippen LogP contribution in [-0.4, -0.2) is 35.5 Å². The molecule has 0 radical (unpaired) electrons. The van der Waals surface area contributed by atoms with Gasteiger partial charge in [-0.3, -0.25) is 4.79 Å². The molecule has 4 heteroatoms. The number of fused-ring (bicyclic) bond motifs is 3. The summed E-state index contributed by atoms with van der Waals surface area (Å²) in [5.41, 5.74) is 2.13. The highest BCUT2D eigenvalue weighted by atomic mass is 16.5. The molecule has 4 nitrogen and oxygen atoms in total. The summed E-state index contributed by atoms with van der Waals surface area (Å²) in [6.45, 7) is 5.43. The van der Waals surface area contributed by atoms with Crippen LogP contribution in [0.4, 0.5) is 0 Å². The van der Waals surface area contributed by atoms with Gasteiger partial charge in [0.2, 0.25) is 0 Å². The molecule has 1 aromatic heterocycles. The van der Waals surface area contributed by atoms with Gasteiger partial charge in [-0.15, -0.1) is 0 Å². The van der Waals surface area contributed by atoms with Crippen molar-refractivity contribution in [2.75, 3.05) is 19.7 Å². The van der Waals surface area contributed by atoms with Gasteiger partial charge in [-0.05, 0) is 32.0 Å². The lowest BCUT2D eigenvalue weighted by Crippen LogP contribution is -2.34. The van der Waals surface area contributed by atoms with Gasteiger partial charge in [0, 0.05) is 35.4 Å². The van der Waals surface area contributed by atoms with Gasteiger partial charge in [0.15, 0.2) is 6.61 Å². The second kappa shape index (κ2) is 6.10. The van der Waals surface area contributed by atoms with E-state index in [1.807, 2.05) is 44.2 Å². The van der Waals surface area contributed by atoms with Crippen LogP contribution in [0, 0.1) is 0 Å². The standard InChI is InChI=1S/C18H20N2O2/c1-3-20(4-2)18(21)12-22-13-9-10-15-14-7-5-6-8-16(14)19-17(15)11-13/h5-11,19H,3-4,12H2,1-2H3. The van der Waals surface area contributed by atoms with Crippen molar-refractivity contribution in [1.29, 1.82) is 0 Å². The van der Waals surface area contributed by atoms with Crippen LogP contribution >= 0.6 is 0 Å². The zero-order valence-electron chi connectivity index (χ0n) is 12.9. The molecule has 3 rings (SSSR count). The Morgan fingerprint density at radius 3 is 2.55 bits per heavy atom. The molecular formula is C18H20N2O2. The number of likely N-dealkylation sites (N-methyl/N-ethyl adjacent to an activating group) is 1. The number of nitrogens with zero attached hydrogens (tertiary/aromatic N) is 1. The summed E-state index contributed by atoms with van der Waals surface area (Å²) in [6.07, 6.45) is 0. The molecule has 0 aliphatic heterocycles. The quantitative estimate of drug-likeness (QED) is 0.782. The molecule has 1 heterocycles. The molecule has 0 atom stereocenters. The average Bonchev–Trinajstić information content (AvgIpc) is 2.91. The second-order valence-corrected chi connectivity index (χ2v) is 5.23. The molecule has 114 valence electrons. The third-order valence-corrected chi connectivity index (χ3v) is 3.96. The molecule has 1 amide bonds. The van der Waals surface area contributed by atoms with Gasteiger partial charge >= 0.3 is 0 Å². The predicted octanol–water partition coefficient (Wildman–Crippen LogP) is 3.57. The number of hydrogen-bond donors (Lipinski definition) is 1. The van der Waals surface area contributed by atoms with E-state index in [4.69, 9.17) is 4.74 Å². The Bertz CT molecular complexity index is 803. The molecule has 0 bridgehead atoms. The SMILES string of the molecule is CCN(CC)C(=O)COc1ccc2c(c1)[nH]c1ccccc12. The molecule has 0 saturated carbocycles. The average molecular weight is 296 g/mol. The Morgan fingerprint density at radius 2 is 1.77 bits per heavy atom. The summed E-state index contributed by atoms with van der Waals surface area (Å²) in [6, 6.07) is 14.1. The number of rotatable bonds is 5. The minimum Gasteiger partial charge on any atom is -0.484 e. The number of hydrogen-bond acceptors (Lipinski definition) is 2. The predicted molar refractivity (Wildman–Crippen MR) is 89.2 cm³/mol. The number of benzene rings is 2. The normalized spacial score (nSPS) is 11.0. The topological polar surface area (TPSA) is 45.3 Å². The van der Waals surface area contributed by atoms with Crippen LogP contribution in [0.1, 0.15) is 13.8 Å². The van der Waals surface area contributed by atoms with Gasteiger partial charge in [0.1, 0.15) is 5.75 Å². The maximum atomic E-state index is 12.0. The van der Waals surface area contributed by atoms with E-state index in [9.17, 15) is 4.79 Å². The molecular weight excluding hydrogens is 276 g/mol. The molecule has 0 saturated heterocycles. The van der Waals surface area contributed by atoms with Gasteiger partial charge in [-0.1, -0.05) is 18.2 Å². The summed E-state index contributed by atoms with van der Waals surface area (Å²) in [5, 5.41) is 2.36. The highest BCUT2D eigenvalue weighted by molar-refractivity contribution is 6.07. The number of carbonyl (C=O) groups excluding carboxylic acids is 1. The number of aromatic nitrogens is 1. The molecule has 1 N–H and O–H groups in total. The molecule has 0 aliphatic rings. The maximum Gasteiger partial charge on any atom is 0.260 e. The lowest BCUT2D eigenvalue weighted by molar-refractivity contribution is -0.132. The number of nitrogens with one attached hydrogen (secondary N) is 1. The zero-order valence-corrected chi connectivity index (χ0v) is 12.9. The second-order valence-electron chi connectivity index (χ2n) is 5.23. The van der Waals surface area contributed by atoms with Gasteiger partial charge in [-0.25, -0.2) is 0 Å². The first kappa shape index (κ1) is 14.4. The van der Waals surface area contributed by atoms with Crippen molar-refractivity contribution in [3.63, 3.8) is 0 Å². The van der Waals surface area contributed by atoms with Crippen molar-refractivity contribution in [3.8, 4) is 5.75 Å². The fourth-order valence-corrected chi connectivity index (χ4v) is 2.74. The molecule has 0 fully saturated rings. The van der Waals surface area contributed by atoms with Crippen LogP contribution in [0.3, 0.4) is 0 Å². The highest BCUT2D eigenvalue weighted by Crippen LogP contribution is 2.28. The van der Waals surface area contributed by atoms with E-state index in [1.54, 1.807) is 4.90 Å². The summed E-state index contributed by atoms with van der Waals surface area (Å²) in [7, 11) is 0. The van der Waals surface area contributed by atoms with Crippen molar-refractivity contribution in [1.82, 2.24) is 9.88 Å². The summed E-state index contributed by atoms with van der Waals surface area (Å²) in [4.78, 5) is 17.1. The molecule has 0 spiro atoms. The van der Waals surface area contributed by atoms with E-state index in [0.29, 0.717) is 18.8 Å². The minimum atomic E-state index is 0.0155. The van der Waals surface area contributed by atoms with E-state index >= 15 is 0 Å². The van der Waals surface area contributed by atoms with E-state index in [-0.39, 0.29) is 12.5 Å². The fourth-order valence-electron chi connectivity index (χ4n) is 2.74. The minimum absolute atomic E-state index is 0.0155. The van der Waals surface area contributed by atoms with Crippen LogP contribution in [0.25, 0.3) is 21.8 Å². The van der Waals surface area contributed by atoms with Gasteiger partial charge in [-0.2, -0.15) is 0 Å². The van der Waals surface area contributed by atoms with Crippen molar-refractivity contribution in [3.05, 3.63) is 42.5 Å². The molecule has 22 heavy (non-hydrogen) atoms. The van der Waals surface area contributed by atoms with Gasteiger partial charge < -0.3 is 14.6 Å². The van der Waals surface area contributed by atoms with E-state index in [0.717, 1.165) is 16.4 Å². The number of H-pyrrole nitrogens is 1. The molecule has 0 unspecified atom stereocenters. The Labute approximate surface area is 129 Å². The first-order valence-corrected chi connectivity index (χ1v) is 7.64. The molecule has 3 aromatic rings. The summed E-state index contributed by atoms with van der Waals surface area (Å²) < 4.78 is 5.65. The van der Waals surface area contributed by atoms with Gasteiger partial charge in [0.25, 0.3) is 5.91 Å².